The van der Waals surface area contributed by atoms with Crippen molar-refractivity contribution in [1.82, 2.24) is 0 Å². The molecule has 36 heavy (non-hydrogen) atoms. The predicted molar refractivity (Wildman–Crippen MR) is 127 cm³/mol. The van der Waals surface area contributed by atoms with Gasteiger partial charge < -0.3 is 14.8 Å². The van der Waals surface area contributed by atoms with Crippen LogP contribution in [0, 0.1) is 39.2 Å². The SMILES string of the molecule is C[C@@H](CCOCCOCCC12CC3CC(CC(C3)C1)C2)C(=O)Nc1ccc([N+](=O)[O-])c(C(F)(F)F)c1. The van der Waals surface area contributed by atoms with Gasteiger partial charge in [0, 0.05) is 30.9 Å². The van der Waals surface area contributed by atoms with Crippen molar-refractivity contribution in [3.8, 4) is 0 Å². The third-order valence-electron chi connectivity index (χ3n) is 8.22. The Morgan fingerprint density at radius 3 is 2.22 bits per heavy atom. The molecule has 0 spiro atoms. The Balaban J connectivity index is 1.11. The topological polar surface area (TPSA) is 90.7 Å². The second-order valence-corrected chi connectivity index (χ2v) is 11.1. The number of nitrogens with one attached hydrogen (secondary N) is 1. The summed E-state index contributed by atoms with van der Waals surface area (Å²) in [4.78, 5) is 22.1. The van der Waals surface area contributed by atoms with Crippen LogP contribution in [0.15, 0.2) is 18.2 Å². The summed E-state index contributed by atoms with van der Waals surface area (Å²) >= 11 is 0. The van der Waals surface area contributed by atoms with Crippen LogP contribution in [0.4, 0.5) is 24.5 Å². The molecule has 4 aliphatic rings. The highest BCUT2D eigenvalue weighted by atomic mass is 19.4. The highest BCUT2D eigenvalue weighted by molar-refractivity contribution is 5.92. The molecule has 1 amide bonds. The first-order chi connectivity index (χ1) is 17.0. The number of rotatable bonds is 12. The van der Waals surface area contributed by atoms with Crippen LogP contribution in [0.5, 0.6) is 0 Å². The number of hydrogen-bond acceptors (Lipinski definition) is 5. The Hall–Kier alpha value is -2.20. The number of alkyl halides is 3. The van der Waals surface area contributed by atoms with E-state index in [1.54, 1.807) is 6.92 Å². The van der Waals surface area contributed by atoms with Crippen molar-refractivity contribution in [2.75, 3.05) is 31.7 Å². The second-order valence-electron chi connectivity index (χ2n) is 11.1. The van der Waals surface area contributed by atoms with Crippen LogP contribution >= 0.6 is 0 Å². The average Bonchev–Trinajstić information content (AvgIpc) is 2.79. The number of nitro benzene ring substituents is 1. The number of nitro groups is 1. The van der Waals surface area contributed by atoms with E-state index >= 15 is 0 Å². The molecule has 4 saturated carbocycles. The molecular formula is C26H35F3N2O5. The largest absolute Gasteiger partial charge is 0.423 e. The Labute approximate surface area is 209 Å². The summed E-state index contributed by atoms with van der Waals surface area (Å²) in [5.41, 5.74) is -2.09. The summed E-state index contributed by atoms with van der Waals surface area (Å²) in [7, 11) is 0. The van der Waals surface area contributed by atoms with Crippen LogP contribution < -0.4 is 5.32 Å². The summed E-state index contributed by atoms with van der Waals surface area (Å²) in [6, 6.07) is 2.42. The summed E-state index contributed by atoms with van der Waals surface area (Å²) in [5, 5.41) is 13.3. The van der Waals surface area contributed by atoms with Gasteiger partial charge in [0.25, 0.3) is 5.69 Å². The Bertz CT molecular complexity index is 917. The molecule has 0 aromatic heterocycles. The number of carbonyl (C=O) groups is 1. The van der Waals surface area contributed by atoms with Crippen molar-refractivity contribution >= 4 is 17.3 Å². The number of halogens is 3. The van der Waals surface area contributed by atoms with E-state index < -0.39 is 34.2 Å². The second kappa shape index (κ2) is 11.0. The molecule has 10 heteroatoms. The van der Waals surface area contributed by atoms with E-state index in [4.69, 9.17) is 9.47 Å². The maximum atomic E-state index is 13.1. The van der Waals surface area contributed by atoms with E-state index in [2.05, 4.69) is 5.32 Å². The van der Waals surface area contributed by atoms with Gasteiger partial charge in [-0.2, -0.15) is 13.2 Å². The predicted octanol–water partition coefficient (Wildman–Crippen LogP) is 6.22. The zero-order valence-electron chi connectivity index (χ0n) is 20.6. The maximum Gasteiger partial charge on any atom is 0.423 e. The van der Waals surface area contributed by atoms with Gasteiger partial charge in [-0.3, -0.25) is 14.9 Å². The van der Waals surface area contributed by atoms with E-state index in [0.29, 0.717) is 37.7 Å². The molecule has 0 heterocycles. The monoisotopic (exact) mass is 512 g/mol. The van der Waals surface area contributed by atoms with Crippen molar-refractivity contribution in [2.45, 2.75) is 64.5 Å². The molecule has 0 radical (unpaired) electrons. The number of hydrogen-bond donors (Lipinski definition) is 1. The fourth-order valence-corrected chi connectivity index (χ4v) is 6.86. The Morgan fingerprint density at radius 1 is 1.08 bits per heavy atom. The van der Waals surface area contributed by atoms with Gasteiger partial charge in [-0.1, -0.05) is 6.92 Å². The summed E-state index contributed by atoms with van der Waals surface area (Å²) in [5.74, 6) is 1.82. The molecule has 1 N–H and O–H groups in total. The number of amides is 1. The molecule has 1 atom stereocenters. The van der Waals surface area contributed by atoms with Gasteiger partial charge in [0.2, 0.25) is 5.91 Å². The van der Waals surface area contributed by atoms with Crippen molar-refractivity contribution in [1.29, 1.82) is 0 Å². The van der Waals surface area contributed by atoms with E-state index in [1.807, 2.05) is 0 Å². The molecule has 1 aromatic rings. The zero-order valence-corrected chi connectivity index (χ0v) is 20.6. The summed E-state index contributed by atoms with van der Waals surface area (Å²) in [6.45, 7) is 3.64. The van der Waals surface area contributed by atoms with Gasteiger partial charge in [0.05, 0.1) is 18.1 Å². The van der Waals surface area contributed by atoms with Crippen LogP contribution in [0.1, 0.15) is 63.9 Å². The lowest BCUT2D eigenvalue weighted by Gasteiger charge is -2.57. The lowest BCUT2D eigenvalue weighted by Crippen LogP contribution is -2.46. The first kappa shape index (κ1) is 26.9. The fraction of sp³-hybridized carbons (Fsp3) is 0.731. The molecule has 7 nitrogen and oxygen atoms in total. The Kier molecular flexibility index (Phi) is 8.24. The van der Waals surface area contributed by atoms with E-state index in [0.717, 1.165) is 42.9 Å². The molecule has 0 saturated heterocycles. The fourth-order valence-electron chi connectivity index (χ4n) is 6.86. The first-order valence-corrected chi connectivity index (χ1v) is 12.9. The summed E-state index contributed by atoms with van der Waals surface area (Å²) < 4.78 is 50.8. The molecule has 4 bridgehead atoms. The lowest BCUT2D eigenvalue weighted by atomic mass is 9.49. The zero-order chi connectivity index (χ0) is 25.9. The quantitative estimate of drug-likeness (QED) is 0.204. The van der Waals surface area contributed by atoms with Gasteiger partial charge in [-0.05, 0) is 86.7 Å². The van der Waals surface area contributed by atoms with Crippen LogP contribution in [-0.4, -0.2) is 37.3 Å². The third kappa shape index (κ3) is 6.56. The molecule has 1 aromatic carbocycles. The van der Waals surface area contributed by atoms with Crippen molar-refractivity contribution in [3.05, 3.63) is 33.9 Å². The van der Waals surface area contributed by atoms with Crippen LogP contribution in [0.25, 0.3) is 0 Å². The molecular weight excluding hydrogens is 477 g/mol. The first-order valence-electron chi connectivity index (χ1n) is 12.9. The number of benzene rings is 1. The molecule has 4 aliphatic carbocycles. The van der Waals surface area contributed by atoms with Crippen molar-refractivity contribution in [2.24, 2.45) is 29.1 Å². The van der Waals surface area contributed by atoms with Crippen molar-refractivity contribution < 1.29 is 32.4 Å². The minimum atomic E-state index is -4.90. The highest BCUT2D eigenvalue weighted by Gasteiger charge is 2.50. The van der Waals surface area contributed by atoms with Gasteiger partial charge in [-0.25, -0.2) is 0 Å². The molecule has 4 fully saturated rings. The number of carbonyl (C=O) groups excluding carboxylic acids is 1. The number of nitrogens with zero attached hydrogens (tertiary/aromatic N) is 1. The van der Waals surface area contributed by atoms with E-state index in [1.165, 1.54) is 38.5 Å². The minimum Gasteiger partial charge on any atom is -0.379 e. The molecule has 0 unspecified atom stereocenters. The average molecular weight is 513 g/mol. The highest BCUT2D eigenvalue weighted by Crippen LogP contribution is 2.61. The normalized spacial score (nSPS) is 27.7. The smallest absolute Gasteiger partial charge is 0.379 e. The standard InChI is InChI=1S/C26H35F3N2O5/c1-17(24(32)30-21-2-3-23(31(33)34)22(13-21)26(27,28)29)4-6-35-8-9-36-7-5-25-14-18-10-19(15-25)12-20(11-18)16-25/h2-3,13,17-20H,4-12,14-16H2,1H3,(H,30,32)/t17-,18?,19?,20?,25?/m0/s1. The van der Waals surface area contributed by atoms with Crippen molar-refractivity contribution in [3.63, 3.8) is 0 Å². The molecule has 0 aliphatic heterocycles. The number of ether oxygens (including phenoxy) is 2. The molecule has 200 valence electrons. The summed E-state index contributed by atoms with van der Waals surface area (Å²) in [6.07, 6.45) is 5.04. The number of anilines is 1. The van der Waals surface area contributed by atoms with Crippen LogP contribution in [-0.2, 0) is 20.4 Å². The minimum absolute atomic E-state index is 0.141. The van der Waals surface area contributed by atoms with Gasteiger partial charge in [0.15, 0.2) is 0 Å². The maximum absolute atomic E-state index is 13.1. The lowest BCUT2D eigenvalue weighted by molar-refractivity contribution is -0.388. The molecule has 5 rings (SSSR count). The van der Waals surface area contributed by atoms with Crippen LogP contribution in [0.2, 0.25) is 0 Å². The van der Waals surface area contributed by atoms with E-state index in [9.17, 15) is 28.1 Å². The van der Waals surface area contributed by atoms with Gasteiger partial charge in [-0.15, -0.1) is 0 Å². The van der Waals surface area contributed by atoms with E-state index in [-0.39, 0.29) is 5.69 Å². The third-order valence-corrected chi connectivity index (χ3v) is 8.22. The van der Waals surface area contributed by atoms with Gasteiger partial charge in [0.1, 0.15) is 5.56 Å². The Morgan fingerprint density at radius 2 is 1.67 bits per heavy atom. The van der Waals surface area contributed by atoms with Crippen LogP contribution in [0.3, 0.4) is 0 Å². The van der Waals surface area contributed by atoms with Gasteiger partial charge >= 0.3 is 6.18 Å².